The van der Waals surface area contributed by atoms with Crippen LogP contribution in [0.2, 0.25) is 0 Å². The monoisotopic (exact) mass is 361 g/mol. The quantitative estimate of drug-likeness (QED) is 0.651. The molecule has 1 aromatic rings. The highest BCUT2D eigenvalue weighted by molar-refractivity contribution is 5.92. The lowest BCUT2D eigenvalue weighted by Crippen LogP contribution is -2.34. The molecule has 0 fully saturated rings. The molecule has 142 valence electrons. The molecule has 3 N–H and O–H groups in total. The molecular weight excluding hydrogens is 334 g/mol. The van der Waals surface area contributed by atoms with Gasteiger partial charge in [0.1, 0.15) is 5.60 Å². The maximum absolute atomic E-state index is 11.9. The van der Waals surface area contributed by atoms with Crippen LogP contribution in [0.15, 0.2) is 36.4 Å². The number of benzene rings is 1. The molecule has 26 heavy (non-hydrogen) atoms. The molecule has 7 nitrogen and oxygen atoms in total. The van der Waals surface area contributed by atoms with Crippen LogP contribution >= 0.6 is 0 Å². The zero-order valence-corrected chi connectivity index (χ0v) is 15.8. The number of carbonyl (C=O) groups is 3. The topological polar surface area (TPSA) is 96.5 Å². The fourth-order valence-corrected chi connectivity index (χ4v) is 1.85. The van der Waals surface area contributed by atoms with Gasteiger partial charge in [-0.25, -0.2) is 4.79 Å². The van der Waals surface area contributed by atoms with Crippen molar-refractivity contribution in [1.82, 2.24) is 10.6 Å². The standard InChI is InChI=1S/C19H27N3O4/c1-13(2)17(24)21-12-14-6-8-15(9-7-14)22-16(23)10-11-20-18(25)26-19(3,4)5/h6-9H,1,10-12H2,2-5H3,(H,20,25)(H,21,24)(H,22,23). The number of ether oxygens (including phenoxy) is 1. The summed E-state index contributed by atoms with van der Waals surface area (Å²) in [6, 6.07) is 7.13. The van der Waals surface area contributed by atoms with E-state index in [2.05, 4.69) is 22.5 Å². The number of hydrogen-bond donors (Lipinski definition) is 3. The molecule has 0 bridgehead atoms. The van der Waals surface area contributed by atoms with Gasteiger partial charge in [-0.3, -0.25) is 9.59 Å². The van der Waals surface area contributed by atoms with Gasteiger partial charge in [0.2, 0.25) is 11.8 Å². The third-order valence-electron chi connectivity index (χ3n) is 3.10. The maximum Gasteiger partial charge on any atom is 0.407 e. The molecule has 1 rings (SSSR count). The largest absolute Gasteiger partial charge is 0.444 e. The van der Waals surface area contributed by atoms with Crippen LogP contribution in [0.4, 0.5) is 10.5 Å². The molecule has 0 saturated heterocycles. The van der Waals surface area contributed by atoms with E-state index in [1.807, 2.05) is 12.1 Å². The number of carbonyl (C=O) groups excluding carboxylic acids is 3. The van der Waals surface area contributed by atoms with Gasteiger partial charge in [0.05, 0.1) is 0 Å². The average Bonchev–Trinajstić information content (AvgIpc) is 2.52. The van der Waals surface area contributed by atoms with Crippen molar-refractivity contribution in [2.45, 2.75) is 46.3 Å². The van der Waals surface area contributed by atoms with Crippen molar-refractivity contribution >= 4 is 23.6 Å². The Kier molecular flexibility index (Phi) is 7.83. The van der Waals surface area contributed by atoms with Crippen molar-refractivity contribution in [1.29, 1.82) is 0 Å². The Morgan fingerprint density at radius 2 is 1.69 bits per heavy atom. The van der Waals surface area contributed by atoms with Gasteiger partial charge in [0, 0.05) is 30.8 Å². The van der Waals surface area contributed by atoms with Gasteiger partial charge in [0.15, 0.2) is 0 Å². The van der Waals surface area contributed by atoms with E-state index in [1.165, 1.54) is 0 Å². The van der Waals surface area contributed by atoms with Gasteiger partial charge in [0.25, 0.3) is 0 Å². The minimum atomic E-state index is -0.572. The van der Waals surface area contributed by atoms with Crippen molar-refractivity contribution in [3.63, 3.8) is 0 Å². The minimum absolute atomic E-state index is 0.135. The molecule has 0 heterocycles. The molecule has 3 amide bonds. The maximum atomic E-state index is 11.9. The first-order chi connectivity index (χ1) is 12.1. The van der Waals surface area contributed by atoms with Crippen LogP contribution in [-0.2, 0) is 20.9 Å². The van der Waals surface area contributed by atoms with Crippen molar-refractivity contribution in [2.75, 3.05) is 11.9 Å². The smallest absolute Gasteiger partial charge is 0.407 e. The number of amides is 3. The summed E-state index contributed by atoms with van der Waals surface area (Å²) in [7, 11) is 0. The lowest BCUT2D eigenvalue weighted by Gasteiger charge is -2.19. The second-order valence-electron chi connectivity index (χ2n) is 6.89. The van der Waals surface area contributed by atoms with E-state index in [1.54, 1.807) is 39.8 Å². The van der Waals surface area contributed by atoms with Crippen molar-refractivity contribution in [3.05, 3.63) is 42.0 Å². The molecule has 0 radical (unpaired) electrons. The summed E-state index contributed by atoms with van der Waals surface area (Å²) in [5.74, 6) is -0.413. The first-order valence-electron chi connectivity index (χ1n) is 8.36. The Hall–Kier alpha value is -2.83. The van der Waals surface area contributed by atoms with Crippen molar-refractivity contribution in [3.8, 4) is 0 Å². The summed E-state index contributed by atoms with van der Waals surface area (Å²) >= 11 is 0. The normalized spacial score (nSPS) is 10.6. The van der Waals surface area contributed by atoms with Gasteiger partial charge >= 0.3 is 6.09 Å². The zero-order chi connectivity index (χ0) is 19.7. The number of rotatable bonds is 7. The molecule has 0 aliphatic carbocycles. The van der Waals surface area contributed by atoms with Gasteiger partial charge in [-0.05, 0) is 45.4 Å². The molecule has 0 aliphatic rings. The van der Waals surface area contributed by atoms with E-state index in [-0.39, 0.29) is 24.8 Å². The van der Waals surface area contributed by atoms with Crippen molar-refractivity contribution in [2.24, 2.45) is 0 Å². The third-order valence-corrected chi connectivity index (χ3v) is 3.10. The summed E-state index contributed by atoms with van der Waals surface area (Å²) in [5.41, 5.74) is 1.43. The average molecular weight is 361 g/mol. The van der Waals surface area contributed by atoms with Crippen molar-refractivity contribution < 1.29 is 19.1 Å². The van der Waals surface area contributed by atoms with Gasteiger partial charge < -0.3 is 20.7 Å². The second kappa shape index (κ2) is 9.60. The highest BCUT2D eigenvalue weighted by Gasteiger charge is 2.15. The predicted octanol–water partition coefficient (Wildman–Crippen LogP) is 2.73. The summed E-state index contributed by atoms with van der Waals surface area (Å²) < 4.78 is 5.09. The highest BCUT2D eigenvalue weighted by Crippen LogP contribution is 2.10. The third kappa shape index (κ3) is 8.86. The highest BCUT2D eigenvalue weighted by atomic mass is 16.6. The Bertz CT molecular complexity index is 660. The molecule has 0 unspecified atom stereocenters. The van der Waals surface area contributed by atoms with E-state index in [9.17, 15) is 14.4 Å². The van der Waals surface area contributed by atoms with E-state index in [4.69, 9.17) is 4.74 Å². The SMILES string of the molecule is C=C(C)C(=O)NCc1ccc(NC(=O)CCNC(=O)OC(C)(C)C)cc1. The Balaban J connectivity index is 2.35. The first kappa shape index (κ1) is 21.2. The van der Waals surface area contributed by atoms with Gasteiger partial charge in [-0.2, -0.15) is 0 Å². The Morgan fingerprint density at radius 1 is 1.08 bits per heavy atom. The van der Waals surface area contributed by atoms with E-state index < -0.39 is 11.7 Å². The number of hydrogen-bond acceptors (Lipinski definition) is 4. The molecule has 0 spiro atoms. The van der Waals surface area contributed by atoms with Crippen LogP contribution in [0.25, 0.3) is 0 Å². The lowest BCUT2D eigenvalue weighted by molar-refractivity contribution is -0.117. The van der Waals surface area contributed by atoms with Crippen LogP contribution in [0, 0.1) is 0 Å². The summed E-state index contributed by atoms with van der Waals surface area (Å²) in [6.07, 6.45) is -0.415. The fourth-order valence-electron chi connectivity index (χ4n) is 1.85. The molecule has 7 heteroatoms. The molecule has 0 atom stereocenters. The van der Waals surface area contributed by atoms with Crippen LogP contribution in [-0.4, -0.2) is 30.1 Å². The molecule has 0 aromatic heterocycles. The number of anilines is 1. The van der Waals surface area contributed by atoms with Gasteiger partial charge in [-0.15, -0.1) is 0 Å². The second-order valence-corrected chi connectivity index (χ2v) is 6.89. The number of alkyl carbamates (subject to hydrolysis) is 1. The summed E-state index contributed by atoms with van der Waals surface area (Å²) in [4.78, 5) is 34.8. The van der Waals surface area contributed by atoms with E-state index in [0.29, 0.717) is 17.8 Å². The summed E-state index contributed by atoms with van der Waals surface area (Å²) in [5, 5.41) is 8.01. The van der Waals surface area contributed by atoms with E-state index >= 15 is 0 Å². The van der Waals surface area contributed by atoms with Crippen LogP contribution in [0.3, 0.4) is 0 Å². The summed E-state index contributed by atoms with van der Waals surface area (Å²) in [6.45, 7) is 11.1. The lowest BCUT2D eigenvalue weighted by atomic mass is 10.2. The fraction of sp³-hybridized carbons (Fsp3) is 0.421. The Morgan fingerprint density at radius 3 is 2.23 bits per heavy atom. The molecule has 0 aliphatic heterocycles. The Labute approximate surface area is 154 Å². The minimum Gasteiger partial charge on any atom is -0.444 e. The molecular formula is C19H27N3O4. The van der Waals surface area contributed by atoms with Crippen LogP contribution < -0.4 is 16.0 Å². The molecule has 1 aromatic carbocycles. The number of nitrogens with one attached hydrogen (secondary N) is 3. The first-order valence-corrected chi connectivity index (χ1v) is 8.36. The van der Waals surface area contributed by atoms with Gasteiger partial charge in [-0.1, -0.05) is 18.7 Å². The molecule has 0 saturated carbocycles. The van der Waals surface area contributed by atoms with Crippen LogP contribution in [0.5, 0.6) is 0 Å². The zero-order valence-electron chi connectivity index (χ0n) is 15.8. The van der Waals surface area contributed by atoms with E-state index in [0.717, 1.165) is 5.56 Å². The van der Waals surface area contributed by atoms with Crippen LogP contribution in [0.1, 0.15) is 39.7 Å². The predicted molar refractivity (Wildman–Crippen MR) is 101 cm³/mol.